The molecule has 2 aromatic rings. The smallest absolute Gasteiger partial charge is 0.387 e. The Balaban J connectivity index is 1.98. The number of rotatable bonds is 4. The normalized spacial score (nSPS) is 23.1. The monoisotopic (exact) mass is 464 g/mol. The van der Waals surface area contributed by atoms with Crippen molar-refractivity contribution in [3.63, 3.8) is 0 Å². The molecule has 1 saturated carbocycles. The van der Waals surface area contributed by atoms with Gasteiger partial charge in [0, 0.05) is 11.2 Å². The number of aromatic nitrogens is 1. The molecule has 10 heteroatoms. The first-order valence-electron chi connectivity index (χ1n) is 9.16. The van der Waals surface area contributed by atoms with E-state index in [1.54, 1.807) is 24.3 Å². The van der Waals surface area contributed by atoms with Gasteiger partial charge in [0.25, 0.3) is 5.91 Å². The largest absolute Gasteiger partial charge is 0.434 e. The molecule has 1 aliphatic rings. The van der Waals surface area contributed by atoms with Gasteiger partial charge in [-0.2, -0.15) is 13.2 Å². The summed E-state index contributed by atoms with van der Waals surface area (Å²) in [6.45, 7) is 0. The molecule has 0 aliphatic heterocycles. The number of hydrogen-bond acceptors (Lipinski definition) is 3. The second kappa shape index (κ2) is 8.69. The molecule has 2 N–H and O–H groups in total. The first kappa shape index (κ1) is 22.8. The first-order valence-corrected chi connectivity index (χ1v) is 9.92. The Bertz CT molecular complexity index is 931. The zero-order valence-electron chi connectivity index (χ0n) is 15.5. The molecule has 1 atom stereocenters. The van der Waals surface area contributed by atoms with Gasteiger partial charge in [0.15, 0.2) is 5.69 Å². The van der Waals surface area contributed by atoms with Crippen LogP contribution in [0.5, 0.6) is 0 Å². The number of alkyl halides is 4. The van der Waals surface area contributed by atoms with Crippen LogP contribution in [-0.4, -0.2) is 27.8 Å². The van der Waals surface area contributed by atoms with Gasteiger partial charge in [-0.05, 0) is 43.4 Å². The van der Waals surface area contributed by atoms with E-state index >= 15 is 0 Å². The number of halogens is 6. The van der Waals surface area contributed by atoms with Crippen LogP contribution in [0, 0.1) is 0 Å². The summed E-state index contributed by atoms with van der Waals surface area (Å²) in [6.07, 6.45) is -4.82. The summed E-state index contributed by atoms with van der Waals surface area (Å²) in [4.78, 5) is 16.1. The number of pyridine rings is 1. The highest BCUT2D eigenvalue weighted by Crippen LogP contribution is 2.42. The summed E-state index contributed by atoms with van der Waals surface area (Å²) in [6, 6.07) is 6.42. The molecule has 1 unspecified atom stereocenters. The number of benzene rings is 1. The van der Waals surface area contributed by atoms with Crippen molar-refractivity contribution >= 4 is 29.1 Å². The van der Waals surface area contributed by atoms with E-state index in [9.17, 15) is 27.5 Å². The van der Waals surface area contributed by atoms with Crippen LogP contribution in [0.15, 0.2) is 36.5 Å². The maximum Gasteiger partial charge on any atom is 0.434 e. The number of nitrogens with zero attached hydrogens (tertiary/aromatic N) is 1. The van der Waals surface area contributed by atoms with Gasteiger partial charge in [-0.15, -0.1) is 0 Å². The first-order chi connectivity index (χ1) is 14.0. The van der Waals surface area contributed by atoms with Crippen LogP contribution < -0.4 is 5.32 Å². The highest BCUT2D eigenvalue weighted by Gasteiger charge is 2.43. The Morgan fingerprint density at radius 1 is 1.20 bits per heavy atom. The number of amides is 1. The van der Waals surface area contributed by atoms with Crippen molar-refractivity contribution in [2.24, 2.45) is 0 Å². The topological polar surface area (TPSA) is 62.2 Å². The van der Waals surface area contributed by atoms with Gasteiger partial charge in [0.05, 0.1) is 22.2 Å². The van der Waals surface area contributed by atoms with Gasteiger partial charge < -0.3 is 10.4 Å². The fourth-order valence-corrected chi connectivity index (χ4v) is 4.16. The number of nitrogens with one attached hydrogen (secondary N) is 1. The number of aliphatic hydroxyl groups is 1. The Morgan fingerprint density at radius 2 is 1.83 bits per heavy atom. The summed E-state index contributed by atoms with van der Waals surface area (Å²) in [5, 5.41) is 13.2. The molecule has 1 heterocycles. The molecular formula is C20H18Cl2F4N2O2. The standard InChI is InChI=1S/C20H18Cl2F4N2O2/c21-14-4-2-1-3-12(14)16(19(30)8-5-11(23)6-9-19)28-18(29)13-7-10-27-17(15(13)22)20(24,25)26/h1-4,7,10-11,16,30H,5-6,8-9H2,(H,28,29)/t11-,16?,19-. The zero-order chi connectivity index (χ0) is 22.1. The maximum absolute atomic E-state index is 13.7. The number of hydrogen-bond donors (Lipinski definition) is 2. The van der Waals surface area contributed by atoms with Gasteiger partial charge in [-0.25, -0.2) is 4.39 Å². The van der Waals surface area contributed by atoms with Crippen LogP contribution in [0.3, 0.4) is 0 Å². The van der Waals surface area contributed by atoms with Crippen LogP contribution in [0.1, 0.15) is 53.3 Å². The van der Waals surface area contributed by atoms with E-state index in [-0.39, 0.29) is 30.7 Å². The molecule has 162 valence electrons. The van der Waals surface area contributed by atoms with Crippen LogP contribution in [0.2, 0.25) is 10.0 Å². The zero-order valence-corrected chi connectivity index (χ0v) is 17.0. The van der Waals surface area contributed by atoms with Crippen molar-refractivity contribution in [3.8, 4) is 0 Å². The highest BCUT2D eigenvalue weighted by molar-refractivity contribution is 6.34. The van der Waals surface area contributed by atoms with E-state index in [2.05, 4.69) is 10.3 Å². The molecule has 0 bridgehead atoms. The predicted octanol–water partition coefficient (Wildman–Crippen LogP) is 5.52. The third-order valence-electron chi connectivity index (χ3n) is 5.21. The van der Waals surface area contributed by atoms with E-state index in [0.717, 1.165) is 12.3 Å². The average Bonchev–Trinajstić information content (AvgIpc) is 2.68. The van der Waals surface area contributed by atoms with Crippen LogP contribution >= 0.6 is 23.2 Å². The maximum atomic E-state index is 13.7. The molecule has 1 aromatic heterocycles. The molecule has 1 amide bonds. The molecule has 1 fully saturated rings. The van der Waals surface area contributed by atoms with Crippen LogP contribution in [0.4, 0.5) is 17.6 Å². The molecule has 30 heavy (non-hydrogen) atoms. The molecule has 4 nitrogen and oxygen atoms in total. The lowest BCUT2D eigenvalue weighted by Gasteiger charge is -2.41. The third-order valence-corrected chi connectivity index (χ3v) is 5.94. The van der Waals surface area contributed by atoms with Crippen molar-refractivity contribution in [1.29, 1.82) is 0 Å². The van der Waals surface area contributed by atoms with E-state index in [4.69, 9.17) is 23.2 Å². The minimum atomic E-state index is -4.84. The van der Waals surface area contributed by atoms with Gasteiger partial charge in [-0.1, -0.05) is 41.4 Å². The molecule has 0 spiro atoms. The van der Waals surface area contributed by atoms with Gasteiger partial charge >= 0.3 is 6.18 Å². The van der Waals surface area contributed by atoms with Crippen molar-refractivity contribution < 1.29 is 27.5 Å². The van der Waals surface area contributed by atoms with E-state index in [1.165, 1.54) is 0 Å². The molecule has 0 radical (unpaired) electrons. The van der Waals surface area contributed by atoms with Crippen molar-refractivity contribution in [2.75, 3.05) is 0 Å². The molecule has 0 saturated heterocycles. The molecule has 1 aromatic carbocycles. The van der Waals surface area contributed by atoms with E-state index in [0.29, 0.717) is 5.56 Å². The Hall–Kier alpha value is -1.90. The van der Waals surface area contributed by atoms with E-state index < -0.39 is 46.2 Å². The lowest BCUT2D eigenvalue weighted by atomic mass is 9.76. The Morgan fingerprint density at radius 3 is 2.43 bits per heavy atom. The second-order valence-corrected chi connectivity index (χ2v) is 8.01. The lowest BCUT2D eigenvalue weighted by Crippen LogP contribution is -2.48. The van der Waals surface area contributed by atoms with Gasteiger partial charge in [0.1, 0.15) is 6.17 Å². The Labute approximate surface area is 180 Å². The van der Waals surface area contributed by atoms with E-state index in [1.807, 2.05) is 0 Å². The summed E-state index contributed by atoms with van der Waals surface area (Å²) >= 11 is 12.1. The molecular weight excluding hydrogens is 447 g/mol. The number of carbonyl (C=O) groups is 1. The minimum absolute atomic E-state index is 0.0439. The summed E-state index contributed by atoms with van der Waals surface area (Å²) < 4.78 is 52.9. The van der Waals surface area contributed by atoms with Crippen molar-refractivity contribution in [3.05, 3.63) is 63.4 Å². The quantitative estimate of drug-likeness (QED) is 0.585. The summed E-state index contributed by atoms with van der Waals surface area (Å²) in [5.41, 5.74) is -2.99. The van der Waals surface area contributed by atoms with Crippen LogP contribution in [-0.2, 0) is 6.18 Å². The molecule has 3 rings (SSSR count). The predicted molar refractivity (Wildman–Crippen MR) is 104 cm³/mol. The fraction of sp³-hybridized carbons (Fsp3) is 0.400. The third kappa shape index (κ3) is 4.71. The molecule has 1 aliphatic carbocycles. The average molecular weight is 465 g/mol. The van der Waals surface area contributed by atoms with Crippen molar-refractivity contribution in [2.45, 2.75) is 49.7 Å². The Kier molecular flexibility index (Phi) is 6.60. The lowest BCUT2D eigenvalue weighted by molar-refractivity contribution is -0.141. The number of carbonyl (C=O) groups excluding carboxylic acids is 1. The minimum Gasteiger partial charge on any atom is -0.387 e. The van der Waals surface area contributed by atoms with Crippen molar-refractivity contribution in [1.82, 2.24) is 10.3 Å². The second-order valence-electron chi connectivity index (χ2n) is 7.23. The van der Waals surface area contributed by atoms with Crippen LogP contribution in [0.25, 0.3) is 0 Å². The van der Waals surface area contributed by atoms with Gasteiger partial charge in [-0.3, -0.25) is 9.78 Å². The SMILES string of the molecule is O=C(NC(c1ccccc1Cl)[C@]1(O)CC[C@H](F)CC1)c1ccnc(C(F)(F)F)c1Cl. The summed E-state index contributed by atoms with van der Waals surface area (Å²) in [5.74, 6) is -0.936. The summed E-state index contributed by atoms with van der Waals surface area (Å²) in [7, 11) is 0. The fourth-order valence-electron chi connectivity index (χ4n) is 3.61. The highest BCUT2D eigenvalue weighted by atomic mass is 35.5. The van der Waals surface area contributed by atoms with Gasteiger partial charge in [0.2, 0.25) is 0 Å².